The van der Waals surface area contributed by atoms with Gasteiger partial charge in [-0.3, -0.25) is 13.9 Å². The molecule has 0 bridgehead atoms. The summed E-state index contributed by atoms with van der Waals surface area (Å²) >= 11 is 1.53. The Bertz CT molecular complexity index is 956. The number of amides is 1. The molecule has 0 spiro atoms. The predicted octanol–water partition coefficient (Wildman–Crippen LogP) is 2.85. The van der Waals surface area contributed by atoms with Crippen molar-refractivity contribution in [3.05, 3.63) is 58.5 Å². The first-order valence-corrected chi connectivity index (χ1v) is 8.35. The van der Waals surface area contributed by atoms with Crippen molar-refractivity contribution < 1.29 is 4.79 Å². The molecule has 0 radical (unpaired) electrons. The minimum Gasteiger partial charge on any atom is -0.322 e. The highest BCUT2D eigenvalue weighted by molar-refractivity contribution is 7.98. The lowest BCUT2D eigenvalue weighted by Gasteiger charge is -2.09. The monoisotopic (exact) mass is 327 g/mol. The fourth-order valence-corrected chi connectivity index (χ4v) is 3.21. The molecule has 0 aliphatic carbocycles. The van der Waals surface area contributed by atoms with Crippen molar-refractivity contribution in [2.75, 3.05) is 11.6 Å². The standard InChI is InChI=1S/C17H17N3O2S/c1-19-13-9-8-11(10-14(13)20(2)17(19)22)18-16(21)12-6-4-5-7-15(12)23-3/h4-10H,1-3H3,(H,18,21). The molecule has 118 valence electrons. The second-order valence-corrected chi connectivity index (χ2v) is 6.11. The van der Waals surface area contributed by atoms with Crippen molar-refractivity contribution in [3.63, 3.8) is 0 Å². The lowest BCUT2D eigenvalue weighted by atomic mass is 10.2. The number of thioether (sulfide) groups is 1. The van der Waals surface area contributed by atoms with E-state index in [2.05, 4.69) is 5.32 Å². The summed E-state index contributed by atoms with van der Waals surface area (Å²) in [6, 6.07) is 12.9. The van der Waals surface area contributed by atoms with E-state index in [0.717, 1.165) is 15.9 Å². The fourth-order valence-electron chi connectivity index (χ4n) is 2.62. The van der Waals surface area contributed by atoms with Crippen LogP contribution in [0.25, 0.3) is 11.0 Å². The summed E-state index contributed by atoms with van der Waals surface area (Å²) in [6.07, 6.45) is 1.94. The van der Waals surface area contributed by atoms with Crippen molar-refractivity contribution in [2.24, 2.45) is 14.1 Å². The van der Waals surface area contributed by atoms with Crippen LogP contribution in [-0.4, -0.2) is 21.3 Å². The highest BCUT2D eigenvalue weighted by Crippen LogP contribution is 2.22. The van der Waals surface area contributed by atoms with E-state index in [0.29, 0.717) is 11.3 Å². The molecular weight excluding hydrogens is 310 g/mol. The van der Waals surface area contributed by atoms with Gasteiger partial charge in [-0.05, 0) is 36.6 Å². The summed E-state index contributed by atoms with van der Waals surface area (Å²) in [5, 5.41) is 2.90. The van der Waals surface area contributed by atoms with Gasteiger partial charge >= 0.3 is 5.69 Å². The highest BCUT2D eigenvalue weighted by atomic mass is 32.2. The van der Waals surface area contributed by atoms with Crippen LogP contribution in [0.15, 0.2) is 52.2 Å². The highest BCUT2D eigenvalue weighted by Gasteiger charge is 2.12. The van der Waals surface area contributed by atoms with Gasteiger partial charge in [-0.1, -0.05) is 12.1 Å². The minimum atomic E-state index is -0.157. The molecule has 0 unspecified atom stereocenters. The van der Waals surface area contributed by atoms with Gasteiger partial charge in [0.05, 0.1) is 16.6 Å². The van der Waals surface area contributed by atoms with Crippen molar-refractivity contribution in [1.29, 1.82) is 0 Å². The van der Waals surface area contributed by atoms with Crippen LogP contribution >= 0.6 is 11.8 Å². The van der Waals surface area contributed by atoms with Gasteiger partial charge in [0.1, 0.15) is 0 Å². The molecule has 3 aromatic rings. The van der Waals surface area contributed by atoms with E-state index in [9.17, 15) is 9.59 Å². The molecule has 2 aromatic carbocycles. The second kappa shape index (κ2) is 5.96. The molecule has 0 aliphatic rings. The molecule has 1 N–H and O–H groups in total. The number of aryl methyl sites for hydroxylation is 2. The van der Waals surface area contributed by atoms with Gasteiger partial charge in [0.2, 0.25) is 0 Å². The zero-order valence-corrected chi connectivity index (χ0v) is 14.0. The Morgan fingerprint density at radius 3 is 2.48 bits per heavy atom. The van der Waals surface area contributed by atoms with E-state index in [1.165, 1.54) is 11.8 Å². The number of anilines is 1. The molecule has 1 amide bonds. The zero-order valence-electron chi connectivity index (χ0n) is 13.2. The molecule has 23 heavy (non-hydrogen) atoms. The molecule has 3 rings (SSSR count). The summed E-state index contributed by atoms with van der Waals surface area (Å²) < 4.78 is 3.16. The van der Waals surface area contributed by atoms with Crippen LogP contribution in [0.5, 0.6) is 0 Å². The number of aromatic nitrogens is 2. The normalized spacial score (nSPS) is 10.9. The van der Waals surface area contributed by atoms with E-state index >= 15 is 0 Å². The average molecular weight is 327 g/mol. The van der Waals surface area contributed by atoms with Crippen LogP contribution in [0.2, 0.25) is 0 Å². The van der Waals surface area contributed by atoms with Crippen LogP contribution in [0, 0.1) is 0 Å². The maximum atomic E-state index is 12.5. The second-order valence-electron chi connectivity index (χ2n) is 5.26. The van der Waals surface area contributed by atoms with Gasteiger partial charge in [0.15, 0.2) is 0 Å². The molecule has 6 heteroatoms. The molecule has 1 heterocycles. The number of rotatable bonds is 3. The Kier molecular flexibility index (Phi) is 4.00. The predicted molar refractivity (Wildman–Crippen MR) is 94.3 cm³/mol. The minimum absolute atomic E-state index is 0.0868. The summed E-state index contributed by atoms with van der Waals surface area (Å²) in [7, 11) is 3.46. The molecule has 5 nitrogen and oxygen atoms in total. The Hall–Kier alpha value is -2.47. The Morgan fingerprint density at radius 1 is 1.04 bits per heavy atom. The molecule has 1 aromatic heterocycles. The number of fused-ring (bicyclic) bond motifs is 1. The Morgan fingerprint density at radius 2 is 1.74 bits per heavy atom. The maximum absolute atomic E-state index is 12.5. The quantitative estimate of drug-likeness (QED) is 0.753. The van der Waals surface area contributed by atoms with Gasteiger partial charge in [0.25, 0.3) is 5.91 Å². The van der Waals surface area contributed by atoms with Crippen molar-refractivity contribution in [3.8, 4) is 0 Å². The van der Waals surface area contributed by atoms with Crippen molar-refractivity contribution in [2.45, 2.75) is 4.90 Å². The summed E-state index contributed by atoms with van der Waals surface area (Å²) in [4.78, 5) is 25.4. The Labute approximate surface area is 137 Å². The van der Waals surface area contributed by atoms with E-state index in [1.807, 2.05) is 36.6 Å². The molecular formula is C17H17N3O2S. The van der Waals surface area contributed by atoms with Crippen LogP contribution in [-0.2, 0) is 14.1 Å². The largest absolute Gasteiger partial charge is 0.328 e. The lowest BCUT2D eigenvalue weighted by Crippen LogP contribution is -2.19. The van der Waals surface area contributed by atoms with Gasteiger partial charge in [-0.25, -0.2) is 4.79 Å². The molecule has 0 fully saturated rings. The Balaban J connectivity index is 1.97. The number of imidazole rings is 1. The summed E-state index contributed by atoms with van der Waals surface area (Å²) in [5.41, 5.74) is 2.84. The smallest absolute Gasteiger partial charge is 0.322 e. The molecule has 0 saturated carbocycles. The first-order chi connectivity index (χ1) is 11.0. The van der Waals surface area contributed by atoms with Gasteiger partial charge < -0.3 is 5.32 Å². The first kappa shape index (κ1) is 15.4. The van der Waals surface area contributed by atoms with E-state index in [1.54, 1.807) is 35.4 Å². The number of benzene rings is 2. The van der Waals surface area contributed by atoms with Crippen molar-refractivity contribution in [1.82, 2.24) is 9.13 Å². The topological polar surface area (TPSA) is 56.0 Å². The van der Waals surface area contributed by atoms with E-state index < -0.39 is 0 Å². The number of nitrogens with zero attached hydrogens (tertiary/aromatic N) is 2. The lowest BCUT2D eigenvalue weighted by molar-refractivity contribution is 0.102. The number of carbonyl (C=O) groups is 1. The van der Waals surface area contributed by atoms with Crippen LogP contribution in [0.4, 0.5) is 5.69 Å². The van der Waals surface area contributed by atoms with E-state index in [-0.39, 0.29) is 11.6 Å². The maximum Gasteiger partial charge on any atom is 0.328 e. The third kappa shape index (κ3) is 2.66. The summed E-state index contributed by atoms with van der Waals surface area (Å²) in [5.74, 6) is -0.157. The van der Waals surface area contributed by atoms with Crippen molar-refractivity contribution >= 4 is 34.4 Å². The third-order valence-electron chi connectivity index (χ3n) is 3.88. The SMILES string of the molecule is CSc1ccccc1C(=O)Nc1ccc2c(c1)n(C)c(=O)n2C. The number of hydrogen-bond donors (Lipinski definition) is 1. The van der Waals surface area contributed by atoms with Gasteiger partial charge in [0, 0.05) is 24.7 Å². The average Bonchev–Trinajstić information content (AvgIpc) is 2.79. The number of nitrogens with one attached hydrogen (secondary N) is 1. The van der Waals surface area contributed by atoms with Crippen LogP contribution in [0.1, 0.15) is 10.4 Å². The zero-order chi connectivity index (χ0) is 16.6. The number of hydrogen-bond acceptors (Lipinski definition) is 3. The fraction of sp³-hybridized carbons (Fsp3) is 0.176. The summed E-state index contributed by atoms with van der Waals surface area (Å²) in [6.45, 7) is 0. The van der Waals surface area contributed by atoms with Crippen LogP contribution in [0.3, 0.4) is 0 Å². The van der Waals surface area contributed by atoms with Crippen LogP contribution < -0.4 is 11.0 Å². The molecule has 0 atom stereocenters. The first-order valence-electron chi connectivity index (χ1n) is 7.12. The number of carbonyl (C=O) groups excluding carboxylic acids is 1. The molecule has 0 aliphatic heterocycles. The van der Waals surface area contributed by atoms with Gasteiger partial charge in [-0.15, -0.1) is 11.8 Å². The van der Waals surface area contributed by atoms with E-state index in [4.69, 9.17) is 0 Å². The van der Waals surface area contributed by atoms with Gasteiger partial charge in [-0.2, -0.15) is 0 Å². The molecule has 0 saturated heterocycles. The third-order valence-corrected chi connectivity index (χ3v) is 4.68.